The first-order valence-corrected chi connectivity index (χ1v) is 12.3. The predicted octanol–water partition coefficient (Wildman–Crippen LogP) is 4.72. The minimum Gasteiger partial charge on any atom is -0.308 e. The van der Waals surface area contributed by atoms with E-state index in [0.717, 1.165) is 43.4 Å². The van der Waals surface area contributed by atoms with Crippen molar-refractivity contribution in [1.29, 1.82) is 0 Å². The maximum Gasteiger partial charge on any atom is 0.258 e. The number of aryl methyl sites for hydroxylation is 2. The van der Waals surface area contributed by atoms with Gasteiger partial charge in [-0.3, -0.25) is 4.79 Å². The average Bonchev–Trinajstić information content (AvgIpc) is 2.73. The van der Waals surface area contributed by atoms with E-state index in [0.29, 0.717) is 25.2 Å². The zero-order valence-corrected chi connectivity index (χ0v) is 19.0. The normalized spacial score (nSPS) is 17.6. The molecule has 0 radical (unpaired) electrons. The van der Waals surface area contributed by atoms with Crippen LogP contribution in [0.1, 0.15) is 52.7 Å². The van der Waals surface area contributed by atoms with E-state index in [9.17, 15) is 13.2 Å². The van der Waals surface area contributed by atoms with E-state index in [-0.39, 0.29) is 15.8 Å². The van der Waals surface area contributed by atoms with Gasteiger partial charge in [-0.15, -0.1) is 0 Å². The third-order valence-electron chi connectivity index (χ3n) is 6.05. The second kappa shape index (κ2) is 8.33. The second-order valence-electron chi connectivity index (χ2n) is 8.25. The van der Waals surface area contributed by atoms with Gasteiger partial charge in [-0.2, -0.15) is 4.31 Å². The third kappa shape index (κ3) is 3.88. The molecule has 0 atom stereocenters. The molecule has 0 N–H and O–H groups in total. The van der Waals surface area contributed by atoms with Gasteiger partial charge in [0.25, 0.3) is 5.91 Å². The quantitative estimate of drug-likeness (QED) is 0.685. The van der Waals surface area contributed by atoms with Gasteiger partial charge < -0.3 is 4.90 Å². The van der Waals surface area contributed by atoms with Gasteiger partial charge in [-0.25, -0.2) is 8.42 Å². The molecule has 2 aromatic carbocycles. The van der Waals surface area contributed by atoms with E-state index in [1.165, 1.54) is 27.6 Å². The molecule has 0 spiro atoms. The van der Waals surface area contributed by atoms with Gasteiger partial charge in [0.1, 0.15) is 4.90 Å². The van der Waals surface area contributed by atoms with Crippen LogP contribution < -0.4 is 4.90 Å². The van der Waals surface area contributed by atoms with Crippen molar-refractivity contribution in [3.05, 3.63) is 57.6 Å². The minimum absolute atomic E-state index is 0.0228. The smallest absolute Gasteiger partial charge is 0.258 e. The number of carbonyl (C=O) groups excluding carboxylic acids is 1. The number of rotatable bonds is 3. The highest BCUT2D eigenvalue weighted by atomic mass is 35.5. The topological polar surface area (TPSA) is 57.7 Å². The van der Waals surface area contributed by atoms with Crippen LogP contribution in [0, 0.1) is 13.8 Å². The summed E-state index contributed by atoms with van der Waals surface area (Å²) >= 11 is 6.28. The molecule has 2 heterocycles. The third-order valence-corrected chi connectivity index (χ3v) is 8.43. The maximum absolute atomic E-state index is 13.4. The first-order valence-electron chi connectivity index (χ1n) is 10.5. The Morgan fingerprint density at radius 2 is 1.70 bits per heavy atom. The molecule has 160 valence electrons. The lowest BCUT2D eigenvalue weighted by Crippen LogP contribution is -2.37. The predicted molar refractivity (Wildman–Crippen MR) is 120 cm³/mol. The number of hydrogen-bond donors (Lipinski definition) is 0. The Bertz CT molecular complexity index is 1090. The number of fused-ring (bicyclic) bond motifs is 1. The molecule has 1 amide bonds. The average molecular weight is 447 g/mol. The number of sulfonamides is 1. The molecule has 0 saturated carbocycles. The molecule has 1 fully saturated rings. The number of anilines is 1. The number of halogens is 1. The van der Waals surface area contributed by atoms with Crippen molar-refractivity contribution in [3.63, 3.8) is 0 Å². The van der Waals surface area contributed by atoms with Crippen LogP contribution in [0.15, 0.2) is 35.2 Å². The molecular weight excluding hydrogens is 420 g/mol. The summed E-state index contributed by atoms with van der Waals surface area (Å²) in [4.78, 5) is 15.2. The monoisotopic (exact) mass is 446 g/mol. The van der Waals surface area contributed by atoms with Gasteiger partial charge in [0.05, 0.1) is 5.02 Å². The lowest BCUT2D eigenvalue weighted by Gasteiger charge is -2.31. The molecule has 5 nitrogen and oxygen atoms in total. The first-order chi connectivity index (χ1) is 14.3. The molecule has 0 unspecified atom stereocenters. The Balaban J connectivity index is 1.71. The summed E-state index contributed by atoms with van der Waals surface area (Å²) in [6.45, 7) is 5.71. The van der Waals surface area contributed by atoms with Gasteiger partial charge in [0.15, 0.2) is 0 Å². The lowest BCUT2D eigenvalue weighted by atomic mass is 9.94. The Hall–Kier alpha value is -1.89. The summed E-state index contributed by atoms with van der Waals surface area (Å²) in [7, 11) is -3.72. The van der Waals surface area contributed by atoms with Crippen molar-refractivity contribution in [2.24, 2.45) is 0 Å². The van der Waals surface area contributed by atoms with Crippen molar-refractivity contribution in [2.75, 3.05) is 24.5 Å². The summed E-state index contributed by atoms with van der Waals surface area (Å²) in [5.41, 5.74) is 4.76. The number of hydrogen-bond acceptors (Lipinski definition) is 3. The Labute approximate surface area is 183 Å². The van der Waals surface area contributed by atoms with Crippen molar-refractivity contribution < 1.29 is 13.2 Å². The molecule has 0 bridgehead atoms. The molecule has 7 heteroatoms. The zero-order chi connectivity index (χ0) is 21.5. The molecule has 2 aromatic rings. The van der Waals surface area contributed by atoms with Crippen LogP contribution in [0.3, 0.4) is 0 Å². The fourth-order valence-corrected chi connectivity index (χ4v) is 6.54. The summed E-state index contributed by atoms with van der Waals surface area (Å²) < 4.78 is 27.8. The molecule has 4 rings (SSSR count). The Morgan fingerprint density at radius 1 is 0.967 bits per heavy atom. The van der Waals surface area contributed by atoms with Crippen LogP contribution in [0.5, 0.6) is 0 Å². The highest BCUT2D eigenvalue weighted by Crippen LogP contribution is 2.33. The van der Waals surface area contributed by atoms with E-state index in [1.807, 2.05) is 13.0 Å². The highest BCUT2D eigenvalue weighted by molar-refractivity contribution is 7.89. The van der Waals surface area contributed by atoms with Crippen molar-refractivity contribution in [1.82, 2.24) is 4.31 Å². The van der Waals surface area contributed by atoms with E-state index in [4.69, 9.17) is 11.6 Å². The van der Waals surface area contributed by atoms with E-state index in [1.54, 1.807) is 11.0 Å². The highest BCUT2D eigenvalue weighted by Gasteiger charge is 2.30. The summed E-state index contributed by atoms with van der Waals surface area (Å²) in [6, 6.07) is 8.78. The van der Waals surface area contributed by atoms with Crippen LogP contribution in [-0.4, -0.2) is 38.3 Å². The van der Waals surface area contributed by atoms with Crippen molar-refractivity contribution >= 4 is 33.2 Å². The van der Waals surface area contributed by atoms with E-state index in [2.05, 4.69) is 13.0 Å². The second-order valence-corrected chi connectivity index (χ2v) is 10.6. The summed E-state index contributed by atoms with van der Waals surface area (Å²) in [6.07, 6.45) is 4.55. The van der Waals surface area contributed by atoms with Crippen LogP contribution >= 0.6 is 11.6 Å². The van der Waals surface area contributed by atoms with E-state index < -0.39 is 10.0 Å². The maximum atomic E-state index is 13.4. The van der Waals surface area contributed by atoms with Crippen LogP contribution in [-0.2, 0) is 16.4 Å². The van der Waals surface area contributed by atoms with Crippen molar-refractivity contribution in [2.45, 2.75) is 50.8 Å². The molecular formula is C23H27ClN2O3S. The molecule has 30 heavy (non-hydrogen) atoms. The van der Waals surface area contributed by atoms with Crippen LogP contribution in [0.2, 0.25) is 5.02 Å². The van der Waals surface area contributed by atoms with Crippen LogP contribution in [0.25, 0.3) is 0 Å². The lowest BCUT2D eigenvalue weighted by molar-refractivity contribution is 0.0985. The first kappa shape index (κ1) is 21.3. The molecule has 0 aliphatic carbocycles. The molecule has 0 aromatic heterocycles. The summed E-state index contributed by atoms with van der Waals surface area (Å²) in [5, 5.41) is 0.155. The number of benzene rings is 2. The van der Waals surface area contributed by atoms with Gasteiger partial charge in [-0.05, 0) is 80.5 Å². The Morgan fingerprint density at radius 3 is 2.43 bits per heavy atom. The Kier molecular flexibility index (Phi) is 5.93. The number of amides is 1. The van der Waals surface area contributed by atoms with Crippen LogP contribution in [0.4, 0.5) is 5.69 Å². The molecule has 1 saturated heterocycles. The van der Waals surface area contributed by atoms with Gasteiger partial charge >= 0.3 is 0 Å². The SMILES string of the molecule is Cc1cc(C)c2c(c1)N(C(=O)c1ccc(Cl)c(S(=O)(=O)N3CCCCC3)c1)CCC2. The number of nitrogens with zero attached hydrogens (tertiary/aromatic N) is 2. The van der Waals surface area contributed by atoms with Gasteiger partial charge in [0.2, 0.25) is 10.0 Å². The fraction of sp³-hybridized carbons (Fsp3) is 0.435. The largest absolute Gasteiger partial charge is 0.308 e. The summed E-state index contributed by atoms with van der Waals surface area (Å²) in [5.74, 6) is -0.187. The zero-order valence-electron chi connectivity index (χ0n) is 17.4. The van der Waals surface area contributed by atoms with Gasteiger partial charge in [-0.1, -0.05) is 24.1 Å². The molecule has 2 aliphatic rings. The number of piperidine rings is 1. The van der Waals surface area contributed by atoms with Gasteiger partial charge in [0, 0.05) is 30.9 Å². The fourth-order valence-electron chi connectivity index (χ4n) is 4.52. The van der Waals surface area contributed by atoms with Crippen molar-refractivity contribution in [3.8, 4) is 0 Å². The number of carbonyl (C=O) groups is 1. The molecule has 2 aliphatic heterocycles. The minimum atomic E-state index is -3.72. The standard InChI is InChI=1S/C23H27ClN2O3S/c1-16-13-17(2)19-7-6-12-26(21(19)14-16)23(27)18-8-9-20(24)22(15-18)30(28,29)25-10-4-3-5-11-25/h8-9,13-15H,3-7,10-12H2,1-2H3. The van der Waals surface area contributed by atoms with E-state index >= 15 is 0 Å².